The van der Waals surface area contributed by atoms with Crippen LogP contribution in [0.4, 0.5) is 0 Å². The van der Waals surface area contributed by atoms with E-state index < -0.39 is 0 Å². The molecule has 0 bridgehead atoms. The van der Waals surface area contributed by atoms with Gasteiger partial charge in [-0.05, 0) is 13.0 Å². The molecule has 1 fully saturated rings. The maximum Gasteiger partial charge on any atom is 0.221 e. The Balaban J connectivity index is 1.98. The van der Waals surface area contributed by atoms with Gasteiger partial charge in [0.1, 0.15) is 5.75 Å². The summed E-state index contributed by atoms with van der Waals surface area (Å²) in [5, 5.41) is 6.18. The summed E-state index contributed by atoms with van der Waals surface area (Å²) in [6.45, 7) is 3.50. The molecule has 2 rings (SSSR count). The summed E-state index contributed by atoms with van der Waals surface area (Å²) in [6, 6.07) is 6.34. The van der Waals surface area contributed by atoms with E-state index in [4.69, 9.17) is 4.74 Å². The fourth-order valence-corrected chi connectivity index (χ4v) is 2.05. The molecular formula is C13H18N2O2. The van der Waals surface area contributed by atoms with Crippen LogP contribution in [0.3, 0.4) is 0 Å². The van der Waals surface area contributed by atoms with E-state index in [0.29, 0.717) is 13.0 Å². The van der Waals surface area contributed by atoms with Gasteiger partial charge in [0, 0.05) is 31.1 Å². The molecule has 4 nitrogen and oxygen atoms in total. The minimum atomic E-state index is 0.124. The van der Waals surface area contributed by atoms with Gasteiger partial charge in [-0.15, -0.1) is 0 Å². The topological polar surface area (TPSA) is 50.4 Å². The Hall–Kier alpha value is -1.55. The predicted octanol–water partition coefficient (Wildman–Crippen LogP) is 0.982. The maximum absolute atomic E-state index is 11.1. The highest BCUT2D eigenvalue weighted by Crippen LogP contribution is 2.19. The number of methoxy groups -OCH3 is 1. The molecule has 0 spiro atoms. The Bertz CT molecular complexity index is 418. The Morgan fingerprint density at radius 3 is 3.00 bits per heavy atom. The number of rotatable bonds is 4. The summed E-state index contributed by atoms with van der Waals surface area (Å²) < 4.78 is 5.31. The standard InChI is InChI=1S/C13H18N2O2/c1-9-3-4-12(17-2)10(5-9)7-14-11-6-13(16)15-8-11/h3-5,11,14H,6-8H2,1-2H3,(H,15,16). The zero-order valence-corrected chi connectivity index (χ0v) is 10.2. The molecule has 1 saturated heterocycles. The third-order valence-corrected chi connectivity index (χ3v) is 2.99. The van der Waals surface area contributed by atoms with Gasteiger partial charge in [0.05, 0.1) is 7.11 Å². The Morgan fingerprint density at radius 1 is 1.53 bits per heavy atom. The fraction of sp³-hybridized carbons (Fsp3) is 0.462. The largest absolute Gasteiger partial charge is 0.496 e. The van der Waals surface area contributed by atoms with Gasteiger partial charge in [-0.2, -0.15) is 0 Å². The third-order valence-electron chi connectivity index (χ3n) is 2.99. The molecule has 1 aromatic rings. The molecule has 0 saturated carbocycles. The zero-order valence-electron chi connectivity index (χ0n) is 10.2. The van der Waals surface area contributed by atoms with Crippen molar-refractivity contribution in [2.75, 3.05) is 13.7 Å². The van der Waals surface area contributed by atoms with Crippen molar-refractivity contribution in [1.82, 2.24) is 10.6 Å². The van der Waals surface area contributed by atoms with Gasteiger partial charge < -0.3 is 15.4 Å². The van der Waals surface area contributed by atoms with Crippen LogP contribution in [0.1, 0.15) is 17.5 Å². The number of nitrogens with one attached hydrogen (secondary N) is 2. The maximum atomic E-state index is 11.1. The molecule has 1 unspecified atom stereocenters. The summed E-state index contributed by atoms with van der Waals surface area (Å²) in [4.78, 5) is 11.1. The average Bonchev–Trinajstić information content (AvgIpc) is 2.73. The number of amides is 1. The quantitative estimate of drug-likeness (QED) is 0.816. The van der Waals surface area contributed by atoms with Crippen LogP contribution in [0.5, 0.6) is 5.75 Å². The van der Waals surface area contributed by atoms with Crippen molar-refractivity contribution >= 4 is 5.91 Å². The number of hydrogen-bond donors (Lipinski definition) is 2. The Kier molecular flexibility index (Phi) is 3.64. The predicted molar refractivity (Wildman–Crippen MR) is 66.0 cm³/mol. The van der Waals surface area contributed by atoms with Crippen LogP contribution in [-0.4, -0.2) is 25.6 Å². The lowest BCUT2D eigenvalue weighted by atomic mass is 10.1. The van der Waals surface area contributed by atoms with E-state index >= 15 is 0 Å². The van der Waals surface area contributed by atoms with Crippen LogP contribution in [-0.2, 0) is 11.3 Å². The number of carbonyl (C=O) groups excluding carboxylic acids is 1. The SMILES string of the molecule is COc1ccc(C)cc1CNC1CNC(=O)C1. The first kappa shape index (κ1) is 11.9. The molecule has 0 aliphatic carbocycles. The molecule has 4 heteroatoms. The molecule has 92 valence electrons. The minimum Gasteiger partial charge on any atom is -0.496 e. The van der Waals surface area contributed by atoms with Gasteiger partial charge in [0.25, 0.3) is 0 Å². The summed E-state index contributed by atoms with van der Waals surface area (Å²) in [7, 11) is 1.68. The molecule has 1 heterocycles. The van der Waals surface area contributed by atoms with Crippen LogP contribution < -0.4 is 15.4 Å². The highest BCUT2D eigenvalue weighted by Gasteiger charge is 2.20. The average molecular weight is 234 g/mol. The first-order chi connectivity index (χ1) is 8.19. The Morgan fingerprint density at radius 2 is 2.35 bits per heavy atom. The first-order valence-corrected chi connectivity index (χ1v) is 5.82. The summed E-state index contributed by atoms with van der Waals surface area (Å²) in [5.74, 6) is 1.01. The molecule has 1 aliphatic heterocycles. The zero-order chi connectivity index (χ0) is 12.3. The van der Waals surface area contributed by atoms with Crippen LogP contribution in [0.25, 0.3) is 0 Å². The van der Waals surface area contributed by atoms with Crippen molar-refractivity contribution < 1.29 is 9.53 Å². The van der Waals surface area contributed by atoms with E-state index in [9.17, 15) is 4.79 Å². The van der Waals surface area contributed by atoms with Gasteiger partial charge >= 0.3 is 0 Å². The lowest BCUT2D eigenvalue weighted by Gasteiger charge is -2.13. The number of carbonyl (C=O) groups is 1. The van der Waals surface area contributed by atoms with E-state index in [0.717, 1.165) is 17.9 Å². The van der Waals surface area contributed by atoms with E-state index in [1.54, 1.807) is 7.11 Å². The van der Waals surface area contributed by atoms with Gasteiger partial charge in [-0.1, -0.05) is 17.7 Å². The second-order valence-electron chi connectivity index (χ2n) is 4.40. The van der Waals surface area contributed by atoms with Gasteiger partial charge in [-0.25, -0.2) is 0 Å². The summed E-state index contributed by atoms with van der Waals surface area (Å²) >= 11 is 0. The Labute approximate surface area is 101 Å². The van der Waals surface area contributed by atoms with E-state index in [2.05, 4.69) is 23.6 Å². The number of hydrogen-bond acceptors (Lipinski definition) is 3. The fourth-order valence-electron chi connectivity index (χ4n) is 2.05. The van der Waals surface area contributed by atoms with E-state index in [1.807, 2.05) is 12.1 Å². The summed E-state index contributed by atoms with van der Waals surface area (Å²) in [6.07, 6.45) is 0.564. The molecule has 0 aromatic heterocycles. The van der Waals surface area contributed by atoms with E-state index in [1.165, 1.54) is 5.56 Å². The molecule has 1 amide bonds. The normalized spacial score (nSPS) is 19.2. The summed E-state index contributed by atoms with van der Waals surface area (Å²) in [5.41, 5.74) is 2.34. The molecule has 1 aromatic carbocycles. The van der Waals surface area contributed by atoms with Crippen molar-refractivity contribution in [2.24, 2.45) is 0 Å². The number of benzene rings is 1. The molecular weight excluding hydrogens is 216 g/mol. The van der Waals surface area contributed by atoms with Crippen molar-refractivity contribution in [3.63, 3.8) is 0 Å². The minimum absolute atomic E-state index is 0.124. The monoisotopic (exact) mass is 234 g/mol. The van der Waals surface area contributed by atoms with Crippen LogP contribution in [0.2, 0.25) is 0 Å². The third kappa shape index (κ3) is 2.97. The van der Waals surface area contributed by atoms with E-state index in [-0.39, 0.29) is 11.9 Å². The number of aryl methyl sites for hydroxylation is 1. The highest BCUT2D eigenvalue weighted by molar-refractivity contribution is 5.78. The van der Waals surface area contributed by atoms with Crippen LogP contribution >= 0.6 is 0 Å². The van der Waals surface area contributed by atoms with Crippen molar-refractivity contribution in [3.05, 3.63) is 29.3 Å². The molecule has 0 radical (unpaired) electrons. The van der Waals surface area contributed by atoms with Crippen molar-refractivity contribution in [3.8, 4) is 5.75 Å². The molecule has 2 N–H and O–H groups in total. The van der Waals surface area contributed by atoms with Gasteiger partial charge in [0.2, 0.25) is 5.91 Å². The first-order valence-electron chi connectivity index (χ1n) is 5.82. The van der Waals surface area contributed by atoms with Crippen molar-refractivity contribution in [1.29, 1.82) is 0 Å². The molecule has 17 heavy (non-hydrogen) atoms. The lowest BCUT2D eigenvalue weighted by molar-refractivity contribution is -0.119. The van der Waals surface area contributed by atoms with Gasteiger partial charge in [-0.3, -0.25) is 4.79 Å². The smallest absolute Gasteiger partial charge is 0.221 e. The van der Waals surface area contributed by atoms with Crippen molar-refractivity contribution in [2.45, 2.75) is 25.9 Å². The molecule has 1 atom stereocenters. The number of ether oxygens (including phenoxy) is 1. The second-order valence-corrected chi connectivity index (χ2v) is 4.40. The molecule has 1 aliphatic rings. The van der Waals surface area contributed by atoms with Crippen LogP contribution in [0.15, 0.2) is 18.2 Å². The lowest BCUT2D eigenvalue weighted by Crippen LogP contribution is -2.30. The van der Waals surface area contributed by atoms with Gasteiger partial charge in [0.15, 0.2) is 0 Å². The van der Waals surface area contributed by atoms with Crippen LogP contribution in [0, 0.1) is 6.92 Å². The second kappa shape index (κ2) is 5.19. The highest BCUT2D eigenvalue weighted by atomic mass is 16.5.